The van der Waals surface area contributed by atoms with Crippen LogP contribution in [0.3, 0.4) is 0 Å². The van der Waals surface area contributed by atoms with Crippen LogP contribution >= 0.6 is 11.3 Å². The zero-order valence-corrected chi connectivity index (χ0v) is 19.5. The maximum Gasteiger partial charge on any atom is 0.203 e. The summed E-state index contributed by atoms with van der Waals surface area (Å²) in [5, 5.41) is 1.17. The summed E-state index contributed by atoms with van der Waals surface area (Å²) in [5.41, 5.74) is 2.88. The quantitative estimate of drug-likeness (QED) is 0.326. The fraction of sp³-hybridized carbons (Fsp3) is 0.115. The first-order chi connectivity index (χ1) is 16.6. The molecule has 3 heterocycles. The van der Waals surface area contributed by atoms with Gasteiger partial charge in [0, 0.05) is 15.6 Å². The van der Waals surface area contributed by atoms with E-state index in [1.54, 1.807) is 21.3 Å². The third-order valence-electron chi connectivity index (χ3n) is 5.91. The minimum atomic E-state index is -0.0754. The van der Waals surface area contributed by atoms with Gasteiger partial charge in [0.2, 0.25) is 11.2 Å². The lowest BCUT2D eigenvalue weighted by Gasteiger charge is -2.15. The average molecular weight is 470 g/mol. The van der Waals surface area contributed by atoms with Gasteiger partial charge in [-0.3, -0.25) is 9.20 Å². The van der Waals surface area contributed by atoms with E-state index in [9.17, 15) is 4.79 Å². The van der Waals surface area contributed by atoms with Crippen molar-refractivity contribution in [2.75, 3.05) is 21.3 Å². The van der Waals surface area contributed by atoms with Crippen molar-refractivity contribution in [1.82, 2.24) is 14.4 Å². The van der Waals surface area contributed by atoms with E-state index in [0.717, 1.165) is 21.3 Å². The van der Waals surface area contributed by atoms with Crippen molar-refractivity contribution in [3.8, 4) is 28.6 Å². The van der Waals surface area contributed by atoms with Crippen LogP contribution in [0, 0.1) is 0 Å². The van der Waals surface area contributed by atoms with Crippen molar-refractivity contribution >= 4 is 48.3 Å². The first kappa shape index (κ1) is 20.4. The van der Waals surface area contributed by atoms with Gasteiger partial charge in [0.1, 0.15) is 16.0 Å². The molecule has 0 unspecified atom stereocenters. The third kappa shape index (κ3) is 2.85. The van der Waals surface area contributed by atoms with Crippen molar-refractivity contribution in [2.24, 2.45) is 0 Å². The summed E-state index contributed by atoms with van der Waals surface area (Å²) in [5.74, 6) is 2.16. The van der Waals surface area contributed by atoms with Crippen LogP contribution < -0.4 is 19.6 Å². The average Bonchev–Trinajstić information content (AvgIpc) is 3.26. The Morgan fingerprint density at radius 2 is 1.56 bits per heavy atom. The summed E-state index contributed by atoms with van der Waals surface area (Å²) in [6.45, 7) is 0. The number of fused-ring (bicyclic) bond motifs is 6. The van der Waals surface area contributed by atoms with Gasteiger partial charge < -0.3 is 14.2 Å². The normalized spacial score (nSPS) is 11.5. The van der Waals surface area contributed by atoms with Crippen molar-refractivity contribution < 1.29 is 14.2 Å². The van der Waals surface area contributed by atoms with Crippen LogP contribution in [0.2, 0.25) is 0 Å². The van der Waals surface area contributed by atoms with E-state index in [1.807, 2.05) is 65.1 Å². The number of ether oxygens (including phenoxy) is 3. The number of methoxy groups -OCH3 is 3. The Bertz CT molecular complexity index is 1780. The zero-order valence-electron chi connectivity index (χ0n) is 18.7. The number of imidazole rings is 1. The van der Waals surface area contributed by atoms with Gasteiger partial charge in [-0.2, -0.15) is 0 Å². The minimum Gasteiger partial charge on any atom is -0.493 e. The Morgan fingerprint density at radius 3 is 2.29 bits per heavy atom. The topological polar surface area (TPSA) is 75.0 Å². The van der Waals surface area contributed by atoms with Gasteiger partial charge in [-0.15, -0.1) is 11.3 Å². The van der Waals surface area contributed by atoms with Gasteiger partial charge in [-0.25, -0.2) is 9.97 Å². The second-order valence-corrected chi connectivity index (χ2v) is 8.75. The molecule has 0 saturated heterocycles. The SMILES string of the molecule is COc1cc(-c2nc3sc4ccccc4c(=O)c3c3nc4ccccc4n23)cc(OC)c1OC. The van der Waals surface area contributed by atoms with Crippen LogP contribution in [-0.4, -0.2) is 35.7 Å². The smallest absolute Gasteiger partial charge is 0.203 e. The molecule has 34 heavy (non-hydrogen) atoms. The van der Waals surface area contributed by atoms with E-state index in [0.29, 0.717) is 44.3 Å². The highest BCUT2D eigenvalue weighted by atomic mass is 32.1. The molecule has 0 aliphatic heterocycles. The molecule has 0 atom stereocenters. The maximum atomic E-state index is 13.6. The Hall–Kier alpha value is -4.17. The molecule has 0 saturated carbocycles. The second kappa shape index (κ2) is 7.71. The molecule has 6 rings (SSSR count). The molecule has 0 N–H and O–H groups in total. The van der Waals surface area contributed by atoms with E-state index in [-0.39, 0.29) is 5.43 Å². The van der Waals surface area contributed by atoms with E-state index in [4.69, 9.17) is 24.2 Å². The summed E-state index contributed by atoms with van der Waals surface area (Å²) < 4.78 is 19.5. The number of hydrogen-bond donors (Lipinski definition) is 0. The van der Waals surface area contributed by atoms with Crippen LogP contribution in [0.5, 0.6) is 17.2 Å². The largest absolute Gasteiger partial charge is 0.493 e. The van der Waals surface area contributed by atoms with E-state index >= 15 is 0 Å². The Kier molecular flexibility index (Phi) is 4.63. The van der Waals surface area contributed by atoms with Crippen molar-refractivity contribution in [2.45, 2.75) is 0 Å². The number of aromatic nitrogens is 3. The predicted molar refractivity (Wildman–Crippen MR) is 135 cm³/mol. The number of rotatable bonds is 4. The number of benzene rings is 3. The Balaban J connectivity index is 1.83. The van der Waals surface area contributed by atoms with Crippen molar-refractivity contribution in [3.05, 3.63) is 70.9 Å². The monoisotopic (exact) mass is 469 g/mol. The zero-order chi connectivity index (χ0) is 23.4. The predicted octanol–water partition coefficient (Wildman–Crippen LogP) is 5.30. The molecule has 6 aromatic rings. The van der Waals surface area contributed by atoms with E-state index in [2.05, 4.69) is 0 Å². The molecule has 0 radical (unpaired) electrons. The molecule has 3 aromatic heterocycles. The summed E-state index contributed by atoms with van der Waals surface area (Å²) in [7, 11) is 4.72. The molecule has 168 valence electrons. The number of para-hydroxylation sites is 2. The lowest BCUT2D eigenvalue weighted by atomic mass is 10.1. The lowest BCUT2D eigenvalue weighted by molar-refractivity contribution is 0.324. The summed E-state index contributed by atoms with van der Waals surface area (Å²) >= 11 is 1.47. The molecule has 0 spiro atoms. The molecule has 0 aliphatic rings. The molecule has 0 aliphatic carbocycles. The second-order valence-electron chi connectivity index (χ2n) is 7.72. The molecular formula is C26H19N3O4S. The molecule has 3 aromatic carbocycles. The van der Waals surface area contributed by atoms with Gasteiger partial charge in [0.05, 0.1) is 32.4 Å². The summed E-state index contributed by atoms with van der Waals surface area (Å²) in [6.07, 6.45) is 0. The fourth-order valence-corrected chi connectivity index (χ4v) is 5.41. The number of hydrogen-bond acceptors (Lipinski definition) is 7. The third-order valence-corrected chi connectivity index (χ3v) is 6.97. The highest BCUT2D eigenvalue weighted by Crippen LogP contribution is 2.42. The van der Waals surface area contributed by atoms with Crippen LogP contribution in [0.1, 0.15) is 0 Å². The van der Waals surface area contributed by atoms with E-state index < -0.39 is 0 Å². The van der Waals surface area contributed by atoms with Crippen LogP contribution in [0.4, 0.5) is 0 Å². The van der Waals surface area contributed by atoms with E-state index in [1.165, 1.54) is 11.3 Å². The molecule has 0 bridgehead atoms. The van der Waals surface area contributed by atoms with Crippen molar-refractivity contribution in [1.29, 1.82) is 0 Å². The Morgan fingerprint density at radius 1 is 0.853 bits per heavy atom. The summed E-state index contributed by atoms with van der Waals surface area (Å²) in [4.78, 5) is 24.0. The minimum absolute atomic E-state index is 0.0754. The van der Waals surface area contributed by atoms with Gasteiger partial charge in [-0.1, -0.05) is 24.3 Å². The van der Waals surface area contributed by atoms with Gasteiger partial charge >= 0.3 is 0 Å². The van der Waals surface area contributed by atoms with Gasteiger partial charge in [0.25, 0.3) is 0 Å². The van der Waals surface area contributed by atoms with Crippen molar-refractivity contribution in [3.63, 3.8) is 0 Å². The van der Waals surface area contributed by atoms with Crippen LogP contribution in [-0.2, 0) is 0 Å². The summed E-state index contributed by atoms with van der Waals surface area (Å²) in [6, 6.07) is 19.1. The molecule has 7 nitrogen and oxygen atoms in total. The first-order valence-corrected chi connectivity index (χ1v) is 11.4. The molecular weight excluding hydrogens is 450 g/mol. The molecule has 8 heteroatoms. The standard InChI is InChI=1S/C26H19N3O4S/c1-31-18-12-14(13-19(32-2)23(18)33-3)24-28-26-21(22(30)15-8-4-7-11-20(15)34-26)25-27-16-9-5-6-10-17(16)29(24)25/h4-13H,1-3H3. The highest BCUT2D eigenvalue weighted by molar-refractivity contribution is 7.24. The van der Waals surface area contributed by atoms with Gasteiger partial charge in [0.15, 0.2) is 17.1 Å². The molecule has 0 amide bonds. The first-order valence-electron chi connectivity index (χ1n) is 10.6. The molecule has 0 fully saturated rings. The Labute approximate surface area is 197 Å². The highest BCUT2D eigenvalue weighted by Gasteiger charge is 2.22. The fourth-order valence-electron chi connectivity index (χ4n) is 4.36. The van der Waals surface area contributed by atoms with Crippen LogP contribution in [0.15, 0.2) is 65.5 Å². The van der Waals surface area contributed by atoms with Gasteiger partial charge in [-0.05, 0) is 36.4 Å². The maximum absolute atomic E-state index is 13.6. The number of nitrogens with zero attached hydrogens (tertiary/aromatic N) is 3. The van der Waals surface area contributed by atoms with Crippen LogP contribution in [0.25, 0.3) is 48.4 Å². The lowest BCUT2D eigenvalue weighted by Crippen LogP contribution is -2.07.